The third-order valence-electron chi connectivity index (χ3n) is 2.35. The van der Waals surface area contributed by atoms with Crippen LogP contribution < -0.4 is 11.1 Å². The molecule has 0 aliphatic heterocycles. The minimum atomic E-state index is -0.566. The molecule has 0 radical (unpaired) electrons. The van der Waals surface area contributed by atoms with E-state index in [0.29, 0.717) is 10.7 Å². The van der Waals surface area contributed by atoms with Gasteiger partial charge in [0.1, 0.15) is 0 Å². The summed E-state index contributed by atoms with van der Waals surface area (Å²) in [6, 6.07) is 6.52. The molecule has 3 nitrogen and oxygen atoms in total. The summed E-state index contributed by atoms with van der Waals surface area (Å²) in [5.41, 5.74) is 6.16. The molecule has 0 aromatic heterocycles. The average molecular weight is 277 g/mol. The number of benzene rings is 1. The highest BCUT2D eigenvalue weighted by molar-refractivity contribution is 6.33. The summed E-state index contributed by atoms with van der Waals surface area (Å²) in [4.78, 5) is 11.8. The molecule has 0 fully saturated rings. The first-order valence-corrected chi connectivity index (χ1v) is 5.51. The summed E-state index contributed by atoms with van der Waals surface area (Å²) in [6.07, 6.45) is 0. The quantitative estimate of drug-likeness (QED) is 0.872. The van der Waals surface area contributed by atoms with Crippen LogP contribution in [0.2, 0.25) is 5.02 Å². The van der Waals surface area contributed by atoms with E-state index in [1.807, 2.05) is 32.9 Å². The van der Waals surface area contributed by atoms with E-state index in [-0.39, 0.29) is 23.7 Å². The molecule has 1 aromatic rings. The third-order valence-corrected chi connectivity index (χ3v) is 2.68. The van der Waals surface area contributed by atoms with E-state index in [1.54, 1.807) is 12.1 Å². The summed E-state index contributed by atoms with van der Waals surface area (Å²) in [6.45, 7) is 5.76. The van der Waals surface area contributed by atoms with Gasteiger partial charge in [0, 0.05) is 0 Å². The van der Waals surface area contributed by atoms with Gasteiger partial charge < -0.3 is 11.1 Å². The van der Waals surface area contributed by atoms with Gasteiger partial charge in [-0.3, -0.25) is 4.79 Å². The lowest BCUT2D eigenvalue weighted by Gasteiger charge is -2.25. The zero-order valence-corrected chi connectivity index (χ0v) is 11.7. The molecule has 0 aliphatic carbocycles. The highest BCUT2D eigenvalue weighted by Crippen LogP contribution is 2.23. The number of halogens is 2. The number of carbonyl (C=O) groups excluding carboxylic acids is 1. The Kier molecular flexibility index (Phi) is 5.96. The van der Waals surface area contributed by atoms with E-state index in [1.165, 1.54) is 0 Å². The first kappa shape index (κ1) is 16.2. The lowest BCUT2D eigenvalue weighted by atomic mass is 9.87. The maximum Gasteiger partial charge on any atom is 0.241 e. The number of nitrogens with one attached hydrogen (secondary N) is 1. The van der Waals surface area contributed by atoms with Crippen LogP contribution >= 0.6 is 24.0 Å². The van der Waals surface area contributed by atoms with Crippen LogP contribution in [0.4, 0.5) is 5.69 Å². The minimum Gasteiger partial charge on any atom is -0.323 e. The number of hydrogen-bond acceptors (Lipinski definition) is 2. The zero-order valence-electron chi connectivity index (χ0n) is 10.2. The molecule has 1 amide bonds. The molecule has 96 valence electrons. The number of amides is 1. The van der Waals surface area contributed by atoms with Crippen molar-refractivity contribution in [2.75, 3.05) is 5.32 Å². The van der Waals surface area contributed by atoms with Crippen molar-refractivity contribution in [3.05, 3.63) is 29.3 Å². The molecule has 0 bridgehead atoms. The number of anilines is 1. The molecule has 1 atom stereocenters. The zero-order chi connectivity index (χ0) is 12.3. The Morgan fingerprint density at radius 1 is 1.35 bits per heavy atom. The molecule has 0 heterocycles. The predicted octanol–water partition coefficient (Wildman–Crippen LogP) is 3.07. The van der Waals surface area contributed by atoms with Gasteiger partial charge in [-0.2, -0.15) is 0 Å². The molecule has 0 spiro atoms. The second-order valence-electron chi connectivity index (χ2n) is 4.81. The van der Waals surface area contributed by atoms with Crippen LogP contribution in [0.15, 0.2) is 24.3 Å². The maximum atomic E-state index is 11.8. The Labute approximate surface area is 113 Å². The van der Waals surface area contributed by atoms with Gasteiger partial charge in [-0.25, -0.2) is 0 Å². The Balaban J connectivity index is 0.00000256. The summed E-state index contributed by atoms with van der Waals surface area (Å²) in [5, 5.41) is 3.23. The Morgan fingerprint density at radius 2 is 1.88 bits per heavy atom. The minimum absolute atomic E-state index is 0. The average Bonchev–Trinajstić information content (AvgIpc) is 2.19. The molecule has 1 rings (SSSR count). The first-order chi connectivity index (χ1) is 7.32. The summed E-state index contributed by atoms with van der Waals surface area (Å²) < 4.78 is 0. The molecule has 0 aliphatic rings. The van der Waals surface area contributed by atoms with E-state index in [0.717, 1.165) is 0 Å². The van der Waals surface area contributed by atoms with Crippen molar-refractivity contribution in [2.24, 2.45) is 11.1 Å². The monoisotopic (exact) mass is 276 g/mol. The van der Waals surface area contributed by atoms with Crippen molar-refractivity contribution < 1.29 is 4.79 Å². The van der Waals surface area contributed by atoms with Crippen LogP contribution in [0.1, 0.15) is 20.8 Å². The van der Waals surface area contributed by atoms with E-state index in [2.05, 4.69) is 5.32 Å². The molecule has 5 heteroatoms. The summed E-state index contributed by atoms with van der Waals surface area (Å²) in [5.74, 6) is -0.222. The van der Waals surface area contributed by atoms with Gasteiger partial charge >= 0.3 is 0 Å². The van der Waals surface area contributed by atoms with Gasteiger partial charge in [-0.05, 0) is 17.5 Å². The van der Waals surface area contributed by atoms with Crippen LogP contribution in [-0.4, -0.2) is 11.9 Å². The van der Waals surface area contributed by atoms with Crippen molar-refractivity contribution >= 4 is 35.6 Å². The lowest BCUT2D eigenvalue weighted by Crippen LogP contribution is -2.45. The van der Waals surface area contributed by atoms with Crippen LogP contribution in [0, 0.1) is 5.41 Å². The molecule has 0 saturated heterocycles. The maximum absolute atomic E-state index is 11.8. The largest absolute Gasteiger partial charge is 0.323 e. The van der Waals surface area contributed by atoms with Crippen LogP contribution in [0.5, 0.6) is 0 Å². The van der Waals surface area contributed by atoms with Gasteiger partial charge in [-0.1, -0.05) is 44.5 Å². The van der Waals surface area contributed by atoms with Crippen molar-refractivity contribution in [1.82, 2.24) is 0 Å². The van der Waals surface area contributed by atoms with Crippen LogP contribution in [-0.2, 0) is 4.79 Å². The Morgan fingerprint density at radius 3 is 2.35 bits per heavy atom. The molecular weight excluding hydrogens is 259 g/mol. The molecule has 1 aromatic carbocycles. The molecule has 17 heavy (non-hydrogen) atoms. The second-order valence-corrected chi connectivity index (χ2v) is 5.22. The first-order valence-electron chi connectivity index (χ1n) is 5.13. The number of rotatable bonds is 2. The van der Waals surface area contributed by atoms with E-state index in [9.17, 15) is 4.79 Å². The lowest BCUT2D eigenvalue weighted by molar-refractivity contribution is -0.119. The van der Waals surface area contributed by atoms with Gasteiger partial charge in [0.2, 0.25) is 5.91 Å². The number of para-hydroxylation sites is 1. The fourth-order valence-corrected chi connectivity index (χ4v) is 1.35. The summed E-state index contributed by atoms with van der Waals surface area (Å²) >= 11 is 5.93. The summed E-state index contributed by atoms with van der Waals surface area (Å²) in [7, 11) is 0. The normalized spacial score (nSPS) is 12.5. The third kappa shape index (κ3) is 4.54. The van der Waals surface area contributed by atoms with E-state index in [4.69, 9.17) is 17.3 Å². The Hall–Kier alpha value is -0.770. The SMILES string of the molecule is CC(C)(C)[C@H](N)C(=O)Nc1ccccc1Cl.Cl. The van der Waals surface area contributed by atoms with Crippen LogP contribution in [0.25, 0.3) is 0 Å². The molecule has 0 unspecified atom stereocenters. The standard InChI is InChI=1S/C12H17ClN2O.ClH/c1-12(2,3)10(14)11(16)15-9-7-5-4-6-8(9)13;/h4-7,10H,14H2,1-3H3,(H,15,16);1H/t10-;/m1./s1. The second kappa shape index (κ2) is 6.24. The van der Waals surface area contributed by atoms with Crippen molar-refractivity contribution in [3.8, 4) is 0 Å². The van der Waals surface area contributed by atoms with Gasteiger partial charge in [0.25, 0.3) is 0 Å². The Bertz CT molecular complexity index is 388. The van der Waals surface area contributed by atoms with E-state index >= 15 is 0 Å². The van der Waals surface area contributed by atoms with Crippen LogP contribution in [0.3, 0.4) is 0 Å². The smallest absolute Gasteiger partial charge is 0.241 e. The highest BCUT2D eigenvalue weighted by atomic mass is 35.5. The topological polar surface area (TPSA) is 55.1 Å². The highest BCUT2D eigenvalue weighted by Gasteiger charge is 2.27. The molecule has 3 N–H and O–H groups in total. The number of nitrogens with two attached hydrogens (primary N) is 1. The molecule has 0 saturated carbocycles. The van der Waals surface area contributed by atoms with Crippen molar-refractivity contribution in [1.29, 1.82) is 0 Å². The fourth-order valence-electron chi connectivity index (χ4n) is 1.17. The van der Waals surface area contributed by atoms with Crippen molar-refractivity contribution in [3.63, 3.8) is 0 Å². The van der Waals surface area contributed by atoms with Gasteiger partial charge in [0.05, 0.1) is 16.8 Å². The predicted molar refractivity (Wildman–Crippen MR) is 74.8 cm³/mol. The fraction of sp³-hybridized carbons (Fsp3) is 0.417. The number of hydrogen-bond donors (Lipinski definition) is 2. The molecular formula is C12H18Cl2N2O. The van der Waals surface area contributed by atoms with Gasteiger partial charge in [0.15, 0.2) is 0 Å². The van der Waals surface area contributed by atoms with E-state index < -0.39 is 6.04 Å². The van der Waals surface area contributed by atoms with Crippen molar-refractivity contribution in [2.45, 2.75) is 26.8 Å². The van der Waals surface area contributed by atoms with Gasteiger partial charge in [-0.15, -0.1) is 12.4 Å². The number of carbonyl (C=O) groups is 1.